The molecule has 2 aliphatic carbocycles. The Morgan fingerprint density at radius 1 is 1.33 bits per heavy atom. The fourth-order valence-corrected chi connectivity index (χ4v) is 4.31. The third-order valence-electron chi connectivity index (χ3n) is 4.67. The summed E-state index contributed by atoms with van der Waals surface area (Å²) >= 11 is 1.92. The normalized spacial score (nSPS) is 19.5. The van der Waals surface area contributed by atoms with E-state index >= 15 is 0 Å². The van der Waals surface area contributed by atoms with Crippen molar-refractivity contribution < 1.29 is 0 Å². The Bertz CT molecular complexity index is 630. The summed E-state index contributed by atoms with van der Waals surface area (Å²) in [6, 6.07) is 0.886. The molecular weight excluding hydrogens is 280 g/mol. The number of aryl methyl sites for hydroxylation is 3. The van der Waals surface area contributed by atoms with Gasteiger partial charge in [-0.3, -0.25) is 4.68 Å². The van der Waals surface area contributed by atoms with Gasteiger partial charge in [0.2, 0.25) is 0 Å². The van der Waals surface area contributed by atoms with Crippen LogP contribution in [0.15, 0.2) is 6.20 Å². The largest absolute Gasteiger partial charge is 0.301 e. The lowest BCUT2D eigenvalue weighted by Crippen LogP contribution is -2.24. The zero-order chi connectivity index (χ0) is 14.4. The molecule has 2 heterocycles. The monoisotopic (exact) mass is 302 g/mol. The van der Waals surface area contributed by atoms with Gasteiger partial charge in [-0.05, 0) is 45.4 Å². The van der Waals surface area contributed by atoms with Gasteiger partial charge < -0.3 is 5.32 Å². The van der Waals surface area contributed by atoms with Crippen LogP contribution in [0, 0.1) is 6.92 Å². The first kappa shape index (κ1) is 13.5. The standard InChI is InChI=1S/C16H22N4S/c1-10-12(9-17-20(10)2)15(18-11-7-8-11)16-19-13-5-3-4-6-14(13)21-16/h9,11,15,18H,3-8H2,1-2H3. The molecule has 2 aliphatic rings. The number of nitrogens with zero attached hydrogens (tertiary/aromatic N) is 3. The first-order valence-electron chi connectivity index (χ1n) is 7.95. The maximum Gasteiger partial charge on any atom is 0.115 e. The van der Waals surface area contributed by atoms with Gasteiger partial charge in [0.05, 0.1) is 17.9 Å². The Kier molecular flexibility index (Phi) is 3.34. The van der Waals surface area contributed by atoms with Crippen LogP contribution >= 0.6 is 11.3 Å². The lowest BCUT2D eigenvalue weighted by molar-refractivity contribution is 0.590. The first-order valence-corrected chi connectivity index (χ1v) is 8.77. The molecule has 1 saturated carbocycles. The van der Waals surface area contributed by atoms with Crippen LogP contribution in [0.3, 0.4) is 0 Å². The summed E-state index contributed by atoms with van der Waals surface area (Å²) < 4.78 is 1.96. The van der Waals surface area contributed by atoms with E-state index in [1.165, 1.54) is 58.9 Å². The molecule has 4 rings (SSSR count). The van der Waals surface area contributed by atoms with E-state index in [0.29, 0.717) is 6.04 Å². The summed E-state index contributed by atoms with van der Waals surface area (Å²) in [6.07, 6.45) is 9.59. The number of aromatic nitrogens is 3. The van der Waals surface area contributed by atoms with E-state index in [1.807, 2.05) is 29.3 Å². The van der Waals surface area contributed by atoms with Crippen molar-refractivity contribution in [2.75, 3.05) is 0 Å². The highest BCUT2D eigenvalue weighted by molar-refractivity contribution is 7.11. The topological polar surface area (TPSA) is 42.7 Å². The average molecular weight is 302 g/mol. The van der Waals surface area contributed by atoms with Gasteiger partial charge >= 0.3 is 0 Å². The molecule has 2 aromatic rings. The van der Waals surface area contributed by atoms with Crippen molar-refractivity contribution in [1.29, 1.82) is 0 Å². The van der Waals surface area contributed by atoms with E-state index in [-0.39, 0.29) is 6.04 Å². The van der Waals surface area contributed by atoms with Crippen molar-refractivity contribution in [2.24, 2.45) is 7.05 Å². The van der Waals surface area contributed by atoms with E-state index in [4.69, 9.17) is 4.98 Å². The number of thiazole rings is 1. The molecule has 0 aliphatic heterocycles. The zero-order valence-electron chi connectivity index (χ0n) is 12.7. The van der Waals surface area contributed by atoms with Crippen LogP contribution < -0.4 is 5.32 Å². The zero-order valence-corrected chi connectivity index (χ0v) is 13.5. The molecule has 0 spiro atoms. The van der Waals surface area contributed by atoms with Crippen molar-refractivity contribution in [3.05, 3.63) is 33.0 Å². The Labute approximate surface area is 129 Å². The lowest BCUT2D eigenvalue weighted by Gasteiger charge is -2.16. The smallest absolute Gasteiger partial charge is 0.115 e. The molecule has 0 aromatic carbocycles. The molecule has 2 aromatic heterocycles. The van der Waals surface area contributed by atoms with E-state index in [0.717, 1.165) is 6.42 Å². The maximum atomic E-state index is 4.98. The van der Waals surface area contributed by atoms with Crippen molar-refractivity contribution in [1.82, 2.24) is 20.1 Å². The van der Waals surface area contributed by atoms with Gasteiger partial charge in [-0.2, -0.15) is 5.10 Å². The minimum absolute atomic E-state index is 0.224. The second-order valence-corrected chi connectivity index (χ2v) is 7.43. The molecule has 0 bridgehead atoms. The summed E-state index contributed by atoms with van der Waals surface area (Å²) in [5.74, 6) is 0. The van der Waals surface area contributed by atoms with Gasteiger partial charge in [0.1, 0.15) is 5.01 Å². The number of nitrogens with one attached hydrogen (secondary N) is 1. The number of hydrogen-bond donors (Lipinski definition) is 1. The molecule has 1 unspecified atom stereocenters. The van der Waals surface area contributed by atoms with Gasteiger partial charge in [-0.25, -0.2) is 4.98 Å². The molecule has 1 N–H and O–H groups in total. The van der Waals surface area contributed by atoms with Crippen LogP contribution in [0.2, 0.25) is 0 Å². The van der Waals surface area contributed by atoms with Crippen LogP contribution in [-0.2, 0) is 19.9 Å². The Hall–Kier alpha value is -1.20. The number of hydrogen-bond acceptors (Lipinski definition) is 4. The van der Waals surface area contributed by atoms with Crippen LogP contribution in [0.5, 0.6) is 0 Å². The molecule has 112 valence electrons. The van der Waals surface area contributed by atoms with Crippen LogP contribution in [0.25, 0.3) is 0 Å². The fraction of sp³-hybridized carbons (Fsp3) is 0.625. The molecule has 0 saturated heterocycles. The molecule has 0 amide bonds. The van der Waals surface area contributed by atoms with E-state index in [2.05, 4.69) is 17.3 Å². The second kappa shape index (κ2) is 5.21. The Balaban J connectivity index is 1.71. The predicted molar refractivity (Wildman–Crippen MR) is 84.7 cm³/mol. The fourth-order valence-electron chi connectivity index (χ4n) is 3.07. The van der Waals surface area contributed by atoms with Crippen molar-refractivity contribution in [3.63, 3.8) is 0 Å². The third-order valence-corrected chi connectivity index (χ3v) is 5.90. The van der Waals surface area contributed by atoms with Crippen LogP contribution in [0.4, 0.5) is 0 Å². The molecule has 4 nitrogen and oxygen atoms in total. The molecule has 21 heavy (non-hydrogen) atoms. The summed E-state index contributed by atoms with van der Waals surface area (Å²) in [6.45, 7) is 2.15. The maximum absolute atomic E-state index is 4.98. The number of rotatable bonds is 4. The second-order valence-electron chi connectivity index (χ2n) is 6.31. The predicted octanol–water partition coefficient (Wildman–Crippen LogP) is 2.91. The van der Waals surface area contributed by atoms with Gasteiger partial charge in [0.15, 0.2) is 0 Å². The highest BCUT2D eigenvalue weighted by atomic mass is 32.1. The van der Waals surface area contributed by atoms with Crippen LogP contribution in [0.1, 0.15) is 58.6 Å². The van der Waals surface area contributed by atoms with E-state index < -0.39 is 0 Å². The average Bonchev–Trinajstić information content (AvgIpc) is 3.12. The lowest BCUT2D eigenvalue weighted by atomic mass is 10.0. The number of fused-ring (bicyclic) bond motifs is 1. The molecule has 1 fully saturated rings. The summed E-state index contributed by atoms with van der Waals surface area (Å²) in [5.41, 5.74) is 3.88. The molecule has 0 radical (unpaired) electrons. The van der Waals surface area contributed by atoms with Crippen molar-refractivity contribution in [3.8, 4) is 0 Å². The Morgan fingerprint density at radius 3 is 2.81 bits per heavy atom. The minimum atomic E-state index is 0.224. The van der Waals surface area contributed by atoms with Gasteiger partial charge in [0, 0.05) is 29.2 Å². The SMILES string of the molecule is Cc1c(C(NC2CC2)c2nc3c(s2)CCCC3)cnn1C. The highest BCUT2D eigenvalue weighted by Gasteiger charge is 2.30. The van der Waals surface area contributed by atoms with Crippen LogP contribution in [-0.4, -0.2) is 20.8 Å². The summed E-state index contributed by atoms with van der Waals surface area (Å²) in [4.78, 5) is 6.49. The minimum Gasteiger partial charge on any atom is -0.301 e. The Morgan fingerprint density at radius 2 is 2.14 bits per heavy atom. The van der Waals surface area contributed by atoms with E-state index in [9.17, 15) is 0 Å². The quantitative estimate of drug-likeness (QED) is 0.944. The molecule has 5 heteroatoms. The molecular formula is C16H22N4S. The van der Waals surface area contributed by atoms with Gasteiger partial charge in [-0.1, -0.05) is 0 Å². The van der Waals surface area contributed by atoms with Gasteiger partial charge in [-0.15, -0.1) is 11.3 Å². The van der Waals surface area contributed by atoms with E-state index in [1.54, 1.807) is 0 Å². The molecule has 1 atom stereocenters. The van der Waals surface area contributed by atoms with Gasteiger partial charge in [0.25, 0.3) is 0 Å². The first-order chi connectivity index (χ1) is 10.2. The third kappa shape index (κ3) is 2.53. The van der Waals surface area contributed by atoms with Crippen molar-refractivity contribution >= 4 is 11.3 Å². The highest BCUT2D eigenvalue weighted by Crippen LogP contribution is 2.35. The summed E-state index contributed by atoms with van der Waals surface area (Å²) in [5, 5.41) is 9.45. The summed E-state index contributed by atoms with van der Waals surface area (Å²) in [7, 11) is 2.01. The van der Waals surface area contributed by atoms with Crippen molar-refractivity contribution in [2.45, 2.75) is 57.5 Å².